The Balaban J connectivity index is 0.00000160. The van der Waals surface area contributed by atoms with Crippen molar-refractivity contribution >= 4 is 53.5 Å². The largest absolute Gasteiger partial charge is 0.351 e. The fraction of sp³-hybridized carbons (Fsp3) is 0.364. The van der Waals surface area contributed by atoms with Crippen LogP contribution >= 0.6 is 36.6 Å². The van der Waals surface area contributed by atoms with E-state index in [1.54, 1.807) is 11.8 Å². The van der Waals surface area contributed by atoms with Crippen molar-refractivity contribution in [2.45, 2.75) is 30.7 Å². The van der Waals surface area contributed by atoms with Crippen molar-refractivity contribution in [2.24, 2.45) is 5.41 Å². The molecular formula is C22H28Cl2N4OS. The third-order valence-electron chi connectivity index (χ3n) is 5.48. The first-order valence-corrected chi connectivity index (χ1v) is 10.8. The van der Waals surface area contributed by atoms with Gasteiger partial charge in [-0.2, -0.15) is 0 Å². The lowest BCUT2D eigenvalue weighted by Crippen LogP contribution is -2.43. The molecule has 0 aliphatic carbocycles. The van der Waals surface area contributed by atoms with Crippen molar-refractivity contribution in [2.75, 3.05) is 19.6 Å². The molecule has 0 bridgehead atoms. The fourth-order valence-corrected chi connectivity index (χ4v) is 4.50. The van der Waals surface area contributed by atoms with Crippen molar-refractivity contribution in [1.82, 2.24) is 20.6 Å². The van der Waals surface area contributed by atoms with E-state index < -0.39 is 0 Å². The van der Waals surface area contributed by atoms with Gasteiger partial charge in [-0.15, -0.1) is 24.8 Å². The van der Waals surface area contributed by atoms with E-state index in [2.05, 4.69) is 27.5 Å². The number of thioether (sulfide) groups is 1. The molecule has 30 heavy (non-hydrogen) atoms. The quantitative estimate of drug-likeness (QED) is 0.455. The SMILES string of the molecule is CC1(CNC(=O)c2ccccc2CSc2nc3ccccc3[nH]2)CCNCC1.Cl.Cl. The van der Waals surface area contributed by atoms with E-state index in [1.165, 1.54) is 0 Å². The number of carbonyl (C=O) groups is 1. The van der Waals surface area contributed by atoms with Gasteiger partial charge in [0.25, 0.3) is 5.91 Å². The number of hydrogen-bond donors (Lipinski definition) is 3. The number of fused-ring (bicyclic) bond motifs is 1. The average Bonchev–Trinajstić information content (AvgIpc) is 3.14. The van der Waals surface area contributed by atoms with Crippen molar-refractivity contribution in [3.05, 3.63) is 59.7 Å². The highest BCUT2D eigenvalue weighted by Crippen LogP contribution is 2.27. The first-order chi connectivity index (χ1) is 13.6. The van der Waals surface area contributed by atoms with Gasteiger partial charge in [0.1, 0.15) is 0 Å². The van der Waals surface area contributed by atoms with Gasteiger partial charge >= 0.3 is 0 Å². The summed E-state index contributed by atoms with van der Waals surface area (Å²) in [6.07, 6.45) is 2.19. The van der Waals surface area contributed by atoms with Crippen LogP contribution in [0.3, 0.4) is 0 Å². The van der Waals surface area contributed by atoms with Gasteiger partial charge < -0.3 is 15.6 Å². The number of nitrogens with zero attached hydrogens (tertiary/aromatic N) is 1. The fourth-order valence-electron chi connectivity index (χ4n) is 3.61. The molecule has 2 heterocycles. The molecule has 1 fully saturated rings. The second-order valence-corrected chi connectivity index (χ2v) is 8.71. The second-order valence-electron chi connectivity index (χ2n) is 7.75. The highest BCUT2D eigenvalue weighted by atomic mass is 35.5. The summed E-state index contributed by atoms with van der Waals surface area (Å²) in [5.74, 6) is 0.713. The van der Waals surface area contributed by atoms with E-state index >= 15 is 0 Å². The van der Waals surface area contributed by atoms with Crippen LogP contribution in [0, 0.1) is 5.41 Å². The molecular weight excluding hydrogens is 439 g/mol. The Labute approximate surface area is 194 Å². The number of piperidine rings is 1. The minimum Gasteiger partial charge on any atom is -0.351 e. The highest BCUT2D eigenvalue weighted by Gasteiger charge is 2.27. The zero-order valence-electron chi connectivity index (χ0n) is 16.9. The molecule has 2 aromatic carbocycles. The minimum atomic E-state index is 0. The molecule has 0 saturated carbocycles. The number of aromatic nitrogens is 2. The summed E-state index contributed by atoms with van der Waals surface area (Å²) in [6, 6.07) is 15.9. The number of imidazole rings is 1. The van der Waals surface area contributed by atoms with Crippen LogP contribution in [0.15, 0.2) is 53.7 Å². The van der Waals surface area contributed by atoms with Gasteiger partial charge in [0.15, 0.2) is 5.16 Å². The normalized spacial score (nSPS) is 15.1. The number of para-hydroxylation sites is 2. The highest BCUT2D eigenvalue weighted by molar-refractivity contribution is 7.98. The van der Waals surface area contributed by atoms with Gasteiger partial charge in [0.2, 0.25) is 0 Å². The average molecular weight is 467 g/mol. The lowest BCUT2D eigenvalue weighted by molar-refractivity contribution is 0.0921. The van der Waals surface area contributed by atoms with Crippen LogP contribution in [-0.4, -0.2) is 35.5 Å². The summed E-state index contributed by atoms with van der Waals surface area (Å²) < 4.78 is 0. The molecule has 1 amide bonds. The van der Waals surface area contributed by atoms with E-state index in [0.717, 1.165) is 59.8 Å². The molecule has 1 saturated heterocycles. The molecule has 3 aromatic rings. The predicted octanol–water partition coefficient (Wildman–Crippen LogP) is 4.82. The number of H-pyrrole nitrogens is 1. The van der Waals surface area contributed by atoms with Crippen LogP contribution in [0.5, 0.6) is 0 Å². The Hall–Kier alpha value is -1.73. The summed E-state index contributed by atoms with van der Waals surface area (Å²) in [6.45, 7) is 5.03. The maximum atomic E-state index is 12.8. The van der Waals surface area contributed by atoms with Crippen LogP contribution in [0.4, 0.5) is 0 Å². The molecule has 1 aliphatic rings. The van der Waals surface area contributed by atoms with Crippen LogP contribution in [-0.2, 0) is 5.75 Å². The Morgan fingerprint density at radius 1 is 1.10 bits per heavy atom. The number of carbonyl (C=O) groups excluding carboxylic acids is 1. The zero-order chi connectivity index (χ0) is 19.4. The van der Waals surface area contributed by atoms with Gasteiger partial charge in [0, 0.05) is 17.9 Å². The van der Waals surface area contributed by atoms with Gasteiger partial charge in [-0.3, -0.25) is 4.79 Å². The van der Waals surface area contributed by atoms with Crippen molar-refractivity contribution in [1.29, 1.82) is 0 Å². The monoisotopic (exact) mass is 466 g/mol. The van der Waals surface area contributed by atoms with Crippen LogP contribution in [0.1, 0.15) is 35.7 Å². The number of halogens is 2. The number of aromatic amines is 1. The van der Waals surface area contributed by atoms with Gasteiger partial charge in [-0.25, -0.2) is 4.98 Å². The number of benzene rings is 2. The van der Waals surface area contributed by atoms with Crippen LogP contribution < -0.4 is 10.6 Å². The maximum absolute atomic E-state index is 12.8. The first-order valence-electron chi connectivity index (χ1n) is 9.77. The van der Waals surface area contributed by atoms with E-state index in [1.807, 2.05) is 48.5 Å². The Morgan fingerprint density at radius 3 is 2.57 bits per heavy atom. The number of amides is 1. The molecule has 0 unspecified atom stereocenters. The van der Waals surface area contributed by atoms with Crippen LogP contribution in [0.25, 0.3) is 11.0 Å². The number of hydrogen-bond acceptors (Lipinski definition) is 4. The lowest BCUT2D eigenvalue weighted by atomic mass is 9.81. The molecule has 4 rings (SSSR count). The molecule has 1 aliphatic heterocycles. The Kier molecular flexibility index (Phi) is 9.04. The predicted molar refractivity (Wildman–Crippen MR) is 129 cm³/mol. The third-order valence-corrected chi connectivity index (χ3v) is 6.40. The molecule has 0 radical (unpaired) electrons. The number of nitrogens with one attached hydrogen (secondary N) is 3. The van der Waals surface area contributed by atoms with Crippen molar-refractivity contribution in [3.63, 3.8) is 0 Å². The summed E-state index contributed by atoms with van der Waals surface area (Å²) in [5.41, 5.74) is 3.96. The summed E-state index contributed by atoms with van der Waals surface area (Å²) in [4.78, 5) is 20.8. The lowest BCUT2D eigenvalue weighted by Gasteiger charge is -2.34. The Bertz CT molecular complexity index is 939. The maximum Gasteiger partial charge on any atom is 0.251 e. The summed E-state index contributed by atoms with van der Waals surface area (Å²) >= 11 is 1.62. The molecule has 5 nitrogen and oxygen atoms in total. The van der Waals surface area contributed by atoms with E-state index in [9.17, 15) is 4.79 Å². The van der Waals surface area contributed by atoms with Gasteiger partial charge in [0.05, 0.1) is 11.0 Å². The Morgan fingerprint density at radius 2 is 1.80 bits per heavy atom. The van der Waals surface area contributed by atoms with Crippen LogP contribution in [0.2, 0.25) is 0 Å². The van der Waals surface area contributed by atoms with Gasteiger partial charge in [-0.1, -0.05) is 49.0 Å². The molecule has 0 spiro atoms. The summed E-state index contributed by atoms with van der Waals surface area (Å²) in [5, 5.41) is 7.43. The topological polar surface area (TPSA) is 69.8 Å². The van der Waals surface area contributed by atoms with E-state index in [0.29, 0.717) is 5.75 Å². The van der Waals surface area contributed by atoms with Crippen molar-refractivity contribution < 1.29 is 4.79 Å². The first kappa shape index (κ1) is 24.5. The molecule has 3 N–H and O–H groups in total. The van der Waals surface area contributed by atoms with E-state index in [-0.39, 0.29) is 36.1 Å². The van der Waals surface area contributed by atoms with Gasteiger partial charge in [-0.05, 0) is 55.1 Å². The van der Waals surface area contributed by atoms with E-state index in [4.69, 9.17) is 0 Å². The standard InChI is InChI=1S/C22H26N4OS.2ClH/c1-22(10-12-23-13-11-22)15-24-20(27)17-7-3-2-6-16(17)14-28-21-25-18-8-4-5-9-19(18)26-21;;/h2-9,23H,10-15H2,1H3,(H,24,27)(H,25,26);2*1H. The number of rotatable bonds is 6. The second kappa shape index (κ2) is 11.0. The molecule has 162 valence electrons. The zero-order valence-corrected chi connectivity index (χ0v) is 19.4. The molecule has 8 heteroatoms. The third kappa shape index (κ3) is 5.91. The molecule has 0 atom stereocenters. The minimum absolute atomic E-state index is 0. The smallest absolute Gasteiger partial charge is 0.251 e. The summed E-state index contributed by atoms with van der Waals surface area (Å²) in [7, 11) is 0. The molecule has 1 aromatic heterocycles. The van der Waals surface area contributed by atoms with Crippen molar-refractivity contribution in [3.8, 4) is 0 Å².